The molecule has 1 N–H and O–H groups in total. The Kier molecular flexibility index (Phi) is 5.16. The van der Waals surface area contributed by atoms with Crippen molar-refractivity contribution in [3.05, 3.63) is 35.9 Å². The van der Waals surface area contributed by atoms with Crippen LogP contribution in [0.4, 0.5) is 0 Å². The fraction of sp³-hybridized carbons (Fsp3) is 0.500. The summed E-state index contributed by atoms with van der Waals surface area (Å²) in [4.78, 5) is 14.0. The van der Waals surface area contributed by atoms with Gasteiger partial charge in [-0.2, -0.15) is 0 Å². The number of benzene rings is 1. The second-order valence-electron chi connectivity index (χ2n) is 4.48. The van der Waals surface area contributed by atoms with Crippen LogP contribution in [-0.4, -0.2) is 35.1 Å². The molecule has 1 aromatic carbocycles. The molecule has 3 heteroatoms. The van der Waals surface area contributed by atoms with Gasteiger partial charge in [-0.1, -0.05) is 30.3 Å². The van der Waals surface area contributed by atoms with Gasteiger partial charge in [0.25, 0.3) is 0 Å². The Morgan fingerprint density at radius 3 is 2.29 bits per heavy atom. The first kappa shape index (κ1) is 13.7. The van der Waals surface area contributed by atoms with Crippen molar-refractivity contribution in [2.24, 2.45) is 0 Å². The molecule has 94 valence electrons. The number of rotatable bonds is 5. The van der Waals surface area contributed by atoms with Crippen molar-refractivity contribution in [3.8, 4) is 0 Å². The smallest absolute Gasteiger partial charge is 0.230 e. The minimum absolute atomic E-state index is 0.00539. The minimum Gasteiger partial charge on any atom is -0.395 e. The van der Waals surface area contributed by atoms with Crippen molar-refractivity contribution in [2.75, 3.05) is 13.2 Å². The molecule has 1 amide bonds. The summed E-state index contributed by atoms with van der Waals surface area (Å²) in [5.41, 5.74) is 1.01. The lowest BCUT2D eigenvalue weighted by atomic mass is 9.99. The van der Waals surface area contributed by atoms with Crippen molar-refractivity contribution < 1.29 is 9.90 Å². The maximum absolute atomic E-state index is 12.3. The molecule has 0 aliphatic heterocycles. The molecule has 0 aromatic heterocycles. The van der Waals surface area contributed by atoms with E-state index in [4.69, 9.17) is 5.11 Å². The fourth-order valence-electron chi connectivity index (χ4n) is 1.86. The van der Waals surface area contributed by atoms with Gasteiger partial charge in [0.2, 0.25) is 5.91 Å². The summed E-state index contributed by atoms with van der Waals surface area (Å²) in [5, 5.41) is 8.99. The van der Waals surface area contributed by atoms with E-state index >= 15 is 0 Å². The monoisotopic (exact) mass is 235 g/mol. The lowest BCUT2D eigenvalue weighted by Gasteiger charge is -2.29. The first-order chi connectivity index (χ1) is 8.07. The van der Waals surface area contributed by atoms with E-state index in [-0.39, 0.29) is 24.5 Å². The number of aliphatic hydroxyl groups excluding tert-OH is 1. The summed E-state index contributed by atoms with van der Waals surface area (Å²) < 4.78 is 0. The van der Waals surface area contributed by atoms with Gasteiger partial charge in [0, 0.05) is 12.6 Å². The highest BCUT2D eigenvalue weighted by molar-refractivity contribution is 5.83. The van der Waals surface area contributed by atoms with Crippen LogP contribution in [-0.2, 0) is 4.79 Å². The number of carbonyl (C=O) groups excluding carboxylic acids is 1. The molecule has 0 spiro atoms. The Hall–Kier alpha value is -1.35. The molecule has 0 saturated carbocycles. The van der Waals surface area contributed by atoms with Crippen molar-refractivity contribution in [1.82, 2.24) is 4.90 Å². The average Bonchev–Trinajstić information content (AvgIpc) is 2.35. The number of amides is 1. The molecule has 1 unspecified atom stereocenters. The molecule has 0 aliphatic rings. The number of nitrogens with zero attached hydrogens (tertiary/aromatic N) is 1. The lowest BCUT2D eigenvalue weighted by molar-refractivity contribution is -0.134. The Morgan fingerprint density at radius 1 is 1.24 bits per heavy atom. The molecule has 3 nitrogen and oxygen atoms in total. The highest BCUT2D eigenvalue weighted by atomic mass is 16.3. The summed E-state index contributed by atoms with van der Waals surface area (Å²) in [6.07, 6.45) is 0. The largest absolute Gasteiger partial charge is 0.395 e. The van der Waals surface area contributed by atoms with Gasteiger partial charge in [-0.15, -0.1) is 0 Å². The van der Waals surface area contributed by atoms with Gasteiger partial charge in [-0.3, -0.25) is 4.79 Å². The predicted molar refractivity (Wildman–Crippen MR) is 68.8 cm³/mol. The maximum atomic E-state index is 12.3. The van der Waals surface area contributed by atoms with Crippen LogP contribution in [0, 0.1) is 0 Å². The lowest BCUT2D eigenvalue weighted by Crippen LogP contribution is -2.41. The van der Waals surface area contributed by atoms with E-state index in [2.05, 4.69) is 0 Å². The Labute approximate surface area is 103 Å². The van der Waals surface area contributed by atoms with Gasteiger partial charge in [0.1, 0.15) is 0 Å². The molecule has 0 aliphatic carbocycles. The second kappa shape index (κ2) is 6.40. The second-order valence-corrected chi connectivity index (χ2v) is 4.48. The Balaban J connectivity index is 2.80. The minimum atomic E-state index is -0.162. The zero-order valence-corrected chi connectivity index (χ0v) is 10.8. The van der Waals surface area contributed by atoms with Gasteiger partial charge in [0.05, 0.1) is 12.5 Å². The van der Waals surface area contributed by atoms with Crippen molar-refractivity contribution >= 4 is 5.91 Å². The van der Waals surface area contributed by atoms with E-state index in [9.17, 15) is 4.79 Å². The van der Waals surface area contributed by atoms with Gasteiger partial charge in [-0.25, -0.2) is 0 Å². The van der Waals surface area contributed by atoms with Gasteiger partial charge in [-0.05, 0) is 26.3 Å². The molecule has 0 saturated heterocycles. The van der Waals surface area contributed by atoms with Gasteiger partial charge < -0.3 is 10.0 Å². The summed E-state index contributed by atoms with van der Waals surface area (Å²) in [6, 6.07) is 9.84. The number of aliphatic hydroxyl groups is 1. The van der Waals surface area contributed by atoms with Crippen LogP contribution in [0.2, 0.25) is 0 Å². The predicted octanol–water partition coefficient (Wildman–Crippen LogP) is 2.02. The van der Waals surface area contributed by atoms with E-state index in [1.807, 2.05) is 51.1 Å². The van der Waals surface area contributed by atoms with Gasteiger partial charge in [0.15, 0.2) is 0 Å². The standard InChI is InChI=1S/C14H21NO2/c1-11(2)15(9-10-16)14(17)12(3)13-7-5-4-6-8-13/h4-8,11-12,16H,9-10H2,1-3H3. The third kappa shape index (κ3) is 3.56. The average molecular weight is 235 g/mol. The third-order valence-corrected chi connectivity index (χ3v) is 2.92. The Bertz CT molecular complexity index is 348. The molecule has 1 rings (SSSR count). The van der Waals surface area contributed by atoms with E-state index in [1.165, 1.54) is 0 Å². The molecule has 1 atom stereocenters. The van der Waals surface area contributed by atoms with Crippen LogP contribution in [0.3, 0.4) is 0 Å². The van der Waals surface area contributed by atoms with Crippen molar-refractivity contribution in [2.45, 2.75) is 32.7 Å². The summed E-state index contributed by atoms with van der Waals surface area (Å²) in [7, 11) is 0. The highest BCUT2D eigenvalue weighted by Gasteiger charge is 2.23. The van der Waals surface area contributed by atoms with Gasteiger partial charge >= 0.3 is 0 Å². The molecular formula is C14H21NO2. The molecule has 1 aromatic rings. The first-order valence-corrected chi connectivity index (χ1v) is 6.04. The molecule has 0 fully saturated rings. The first-order valence-electron chi connectivity index (χ1n) is 6.04. The SMILES string of the molecule is CC(C(=O)N(CCO)C(C)C)c1ccccc1. The summed E-state index contributed by atoms with van der Waals surface area (Å²) >= 11 is 0. The van der Waals surface area contributed by atoms with Crippen LogP contribution in [0.15, 0.2) is 30.3 Å². The number of hydrogen-bond acceptors (Lipinski definition) is 2. The fourth-order valence-corrected chi connectivity index (χ4v) is 1.86. The molecule has 0 bridgehead atoms. The van der Waals surface area contributed by atoms with E-state index in [0.717, 1.165) is 5.56 Å². The summed E-state index contributed by atoms with van der Waals surface area (Å²) in [6.45, 7) is 6.24. The van der Waals surface area contributed by atoms with Crippen LogP contribution in [0.1, 0.15) is 32.3 Å². The van der Waals surface area contributed by atoms with Crippen LogP contribution < -0.4 is 0 Å². The normalized spacial score (nSPS) is 12.5. The van der Waals surface area contributed by atoms with E-state index in [0.29, 0.717) is 6.54 Å². The number of hydrogen-bond donors (Lipinski definition) is 1. The van der Waals surface area contributed by atoms with Crippen LogP contribution in [0.25, 0.3) is 0 Å². The molecule has 17 heavy (non-hydrogen) atoms. The van der Waals surface area contributed by atoms with Crippen LogP contribution >= 0.6 is 0 Å². The third-order valence-electron chi connectivity index (χ3n) is 2.92. The van der Waals surface area contributed by atoms with Crippen molar-refractivity contribution in [3.63, 3.8) is 0 Å². The Morgan fingerprint density at radius 2 is 1.82 bits per heavy atom. The quantitative estimate of drug-likeness (QED) is 0.848. The summed E-state index contributed by atoms with van der Waals surface area (Å²) in [5.74, 6) is -0.0922. The van der Waals surface area contributed by atoms with E-state index in [1.54, 1.807) is 4.90 Å². The molecule has 0 radical (unpaired) electrons. The van der Waals surface area contributed by atoms with E-state index < -0.39 is 0 Å². The molecular weight excluding hydrogens is 214 g/mol. The highest BCUT2D eigenvalue weighted by Crippen LogP contribution is 2.18. The van der Waals surface area contributed by atoms with Crippen molar-refractivity contribution in [1.29, 1.82) is 0 Å². The molecule has 0 heterocycles. The zero-order valence-electron chi connectivity index (χ0n) is 10.8. The van der Waals surface area contributed by atoms with Crippen LogP contribution in [0.5, 0.6) is 0 Å². The zero-order chi connectivity index (χ0) is 12.8. The number of carbonyl (C=O) groups is 1. The topological polar surface area (TPSA) is 40.5 Å². The maximum Gasteiger partial charge on any atom is 0.230 e.